The van der Waals surface area contributed by atoms with E-state index in [0.717, 1.165) is 17.0 Å². The maximum atomic E-state index is 9.30. The first-order valence-corrected chi connectivity index (χ1v) is 7.73. The number of phenols is 2. The Morgan fingerprint density at radius 2 is 1.28 bits per heavy atom. The lowest BCUT2D eigenvalue weighted by atomic mass is 9.78. The van der Waals surface area contributed by atoms with E-state index in [1.807, 2.05) is 38.0 Å². The zero-order valence-corrected chi connectivity index (χ0v) is 14.7. The van der Waals surface area contributed by atoms with Gasteiger partial charge in [-0.3, -0.25) is 0 Å². The minimum atomic E-state index is -0.151. The molecule has 0 aliphatic carbocycles. The molecule has 5 nitrogen and oxygen atoms in total. The molecule has 0 saturated heterocycles. The molecule has 3 rings (SSSR count). The summed E-state index contributed by atoms with van der Waals surface area (Å²) < 4.78 is 0. The van der Waals surface area contributed by atoms with Crippen LogP contribution in [0.4, 0.5) is 0 Å². The number of aromatic hydroxyl groups is 2. The molecule has 0 radical (unpaired) electrons. The van der Waals surface area contributed by atoms with Crippen LogP contribution in [0.3, 0.4) is 0 Å². The van der Waals surface area contributed by atoms with Crippen LogP contribution in [0.15, 0.2) is 60.9 Å². The fraction of sp³-hybridized carbons (Fsp3) is 0.200. The molecule has 0 amide bonds. The first-order chi connectivity index (χ1) is 11.9. The SMILES string of the molecule is C=O.CC(C)(c1ccc(O)cc1)c1ccc(O)cc1.Cc1ncc[nH]1. The molecule has 0 saturated carbocycles. The molecular formula is C20H24N2O3. The standard InChI is InChI=1S/C15H16O2.C4H6N2.CH2O/c1-15(2,11-3-7-13(16)8-4-11)12-5-9-14(17)10-6-12;1-4-5-2-3-6-4;1-2/h3-10,16-17H,1-2H3;2-3H,1H3,(H,5,6);1H2. The minimum absolute atomic E-state index is 0.151. The van der Waals surface area contributed by atoms with Crippen LogP contribution in [0.5, 0.6) is 11.5 Å². The highest BCUT2D eigenvalue weighted by Gasteiger charge is 2.22. The van der Waals surface area contributed by atoms with E-state index < -0.39 is 0 Å². The Kier molecular flexibility index (Phi) is 7.41. The number of hydrogen-bond acceptors (Lipinski definition) is 4. The molecule has 0 unspecified atom stereocenters. The van der Waals surface area contributed by atoms with E-state index in [9.17, 15) is 10.2 Å². The van der Waals surface area contributed by atoms with Crippen molar-refractivity contribution in [1.29, 1.82) is 0 Å². The lowest BCUT2D eigenvalue weighted by molar-refractivity contribution is -0.0979. The molecule has 1 aromatic heterocycles. The molecule has 0 spiro atoms. The lowest BCUT2D eigenvalue weighted by Crippen LogP contribution is -2.18. The van der Waals surface area contributed by atoms with E-state index in [1.165, 1.54) is 0 Å². The number of aromatic nitrogens is 2. The minimum Gasteiger partial charge on any atom is -0.508 e. The predicted molar refractivity (Wildman–Crippen MR) is 98.8 cm³/mol. The van der Waals surface area contributed by atoms with E-state index >= 15 is 0 Å². The van der Waals surface area contributed by atoms with Crippen molar-refractivity contribution in [1.82, 2.24) is 9.97 Å². The smallest absolute Gasteiger partial charge is 0.115 e. The Morgan fingerprint density at radius 1 is 0.880 bits per heavy atom. The number of H-pyrrole nitrogens is 1. The van der Waals surface area contributed by atoms with Gasteiger partial charge >= 0.3 is 0 Å². The predicted octanol–water partition coefficient (Wildman–Crippen LogP) is 3.96. The van der Waals surface area contributed by atoms with Crippen LogP contribution in [0, 0.1) is 6.92 Å². The zero-order chi connectivity index (χ0) is 18.9. The Morgan fingerprint density at radius 3 is 1.52 bits per heavy atom. The van der Waals surface area contributed by atoms with Crippen molar-refractivity contribution in [2.75, 3.05) is 0 Å². The number of rotatable bonds is 2. The third-order valence-corrected chi connectivity index (χ3v) is 3.81. The molecule has 3 N–H and O–H groups in total. The van der Waals surface area contributed by atoms with Crippen molar-refractivity contribution in [2.24, 2.45) is 0 Å². The molecule has 0 fully saturated rings. The van der Waals surface area contributed by atoms with E-state index in [-0.39, 0.29) is 16.9 Å². The highest BCUT2D eigenvalue weighted by atomic mass is 16.3. The Bertz CT molecular complexity index is 686. The van der Waals surface area contributed by atoms with Gasteiger partial charge in [-0.1, -0.05) is 38.1 Å². The first-order valence-electron chi connectivity index (χ1n) is 7.73. The highest BCUT2D eigenvalue weighted by Crippen LogP contribution is 2.32. The maximum absolute atomic E-state index is 9.30. The number of imidazole rings is 1. The van der Waals surface area contributed by atoms with Gasteiger partial charge in [0, 0.05) is 17.8 Å². The van der Waals surface area contributed by atoms with Crippen molar-refractivity contribution in [2.45, 2.75) is 26.2 Å². The summed E-state index contributed by atoms with van der Waals surface area (Å²) >= 11 is 0. The Hall–Kier alpha value is -3.08. The fourth-order valence-corrected chi connectivity index (χ4v) is 2.27. The second-order valence-electron chi connectivity index (χ2n) is 5.89. The van der Waals surface area contributed by atoms with Gasteiger partial charge in [0.2, 0.25) is 0 Å². The lowest BCUT2D eigenvalue weighted by Gasteiger charge is -2.26. The maximum Gasteiger partial charge on any atom is 0.115 e. The molecule has 5 heteroatoms. The van der Waals surface area contributed by atoms with Gasteiger partial charge in [0.05, 0.1) is 0 Å². The van der Waals surface area contributed by atoms with Crippen LogP contribution < -0.4 is 0 Å². The van der Waals surface area contributed by atoms with Crippen LogP contribution in [-0.2, 0) is 10.2 Å². The van der Waals surface area contributed by atoms with Crippen molar-refractivity contribution in [3.63, 3.8) is 0 Å². The summed E-state index contributed by atoms with van der Waals surface area (Å²) in [6, 6.07) is 14.4. The summed E-state index contributed by atoms with van der Waals surface area (Å²) in [5.41, 5.74) is 2.10. The van der Waals surface area contributed by atoms with Crippen molar-refractivity contribution < 1.29 is 15.0 Å². The number of nitrogens with one attached hydrogen (secondary N) is 1. The normalized spacial score (nSPS) is 10.0. The van der Waals surface area contributed by atoms with Gasteiger partial charge in [0.25, 0.3) is 0 Å². The number of carbonyl (C=O) groups excluding carboxylic acids is 1. The van der Waals surface area contributed by atoms with Gasteiger partial charge in [-0.05, 0) is 42.3 Å². The van der Waals surface area contributed by atoms with Crippen LogP contribution >= 0.6 is 0 Å². The second-order valence-corrected chi connectivity index (χ2v) is 5.89. The molecule has 1 heterocycles. The van der Waals surface area contributed by atoms with Crippen molar-refractivity contribution >= 4 is 6.79 Å². The Labute approximate surface area is 148 Å². The third-order valence-electron chi connectivity index (χ3n) is 3.81. The van der Waals surface area contributed by atoms with E-state index in [1.54, 1.807) is 36.7 Å². The van der Waals surface area contributed by atoms with E-state index in [4.69, 9.17) is 4.79 Å². The van der Waals surface area contributed by atoms with Gasteiger partial charge in [-0.25, -0.2) is 4.98 Å². The van der Waals surface area contributed by atoms with Gasteiger partial charge in [-0.2, -0.15) is 0 Å². The highest BCUT2D eigenvalue weighted by molar-refractivity contribution is 5.41. The van der Waals surface area contributed by atoms with Gasteiger partial charge in [0.1, 0.15) is 24.1 Å². The molecule has 132 valence electrons. The summed E-state index contributed by atoms with van der Waals surface area (Å²) in [6.45, 7) is 8.15. The topological polar surface area (TPSA) is 86.2 Å². The molecule has 25 heavy (non-hydrogen) atoms. The molecule has 2 aromatic carbocycles. The van der Waals surface area contributed by atoms with Gasteiger partial charge in [-0.15, -0.1) is 0 Å². The van der Waals surface area contributed by atoms with Gasteiger partial charge in [0.15, 0.2) is 0 Å². The number of nitrogens with zero attached hydrogens (tertiary/aromatic N) is 1. The fourth-order valence-electron chi connectivity index (χ4n) is 2.27. The van der Waals surface area contributed by atoms with Crippen LogP contribution in [0.2, 0.25) is 0 Å². The summed E-state index contributed by atoms with van der Waals surface area (Å²) in [7, 11) is 0. The average Bonchev–Trinajstić information content (AvgIpc) is 3.09. The summed E-state index contributed by atoms with van der Waals surface area (Å²) in [6.07, 6.45) is 3.53. The van der Waals surface area contributed by atoms with Crippen molar-refractivity contribution in [3.05, 3.63) is 77.9 Å². The quantitative estimate of drug-likeness (QED) is 0.659. The number of benzene rings is 2. The Balaban J connectivity index is 0.000000326. The second kappa shape index (κ2) is 9.27. The molecule has 3 aromatic rings. The van der Waals surface area contributed by atoms with E-state index in [2.05, 4.69) is 23.8 Å². The molecular weight excluding hydrogens is 316 g/mol. The largest absolute Gasteiger partial charge is 0.508 e. The molecule has 0 aliphatic heterocycles. The first kappa shape index (κ1) is 20.0. The monoisotopic (exact) mass is 340 g/mol. The summed E-state index contributed by atoms with van der Waals surface area (Å²) in [4.78, 5) is 14.8. The summed E-state index contributed by atoms with van der Waals surface area (Å²) in [5.74, 6) is 1.51. The number of hydrogen-bond donors (Lipinski definition) is 3. The number of phenolic OH excluding ortho intramolecular Hbond substituents is 2. The van der Waals surface area contributed by atoms with Crippen LogP contribution in [0.1, 0.15) is 30.8 Å². The summed E-state index contributed by atoms with van der Waals surface area (Å²) in [5, 5.41) is 18.6. The third kappa shape index (κ3) is 5.80. The zero-order valence-electron chi connectivity index (χ0n) is 14.7. The number of aromatic amines is 1. The molecule has 0 aliphatic rings. The van der Waals surface area contributed by atoms with Gasteiger partial charge < -0.3 is 20.0 Å². The number of carbonyl (C=O) groups is 1. The average molecular weight is 340 g/mol. The number of aryl methyl sites for hydroxylation is 1. The van der Waals surface area contributed by atoms with Crippen molar-refractivity contribution in [3.8, 4) is 11.5 Å². The molecule has 0 atom stereocenters. The van der Waals surface area contributed by atoms with E-state index in [0.29, 0.717) is 0 Å². The molecule has 0 bridgehead atoms. The van der Waals surface area contributed by atoms with Crippen LogP contribution in [-0.4, -0.2) is 27.0 Å². The van der Waals surface area contributed by atoms with Crippen LogP contribution in [0.25, 0.3) is 0 Å².